The maximum Gasteiger partial charge on any atom is 0.454 e. The van der Waals surface area contributed by atoms with Crippen molar-refractivity contribution in [1.82, 2.24) is 4.57 Å². The van der Waals surface area contributed by atoms with E-state index >= 15 is 0 Å². The van der Waals surface area contributed by atoms with Crippen LogP contribution in [0.15, 0.2) is 24.4 Å². The van der Waals surface area contributed by atoms with Gasteiger partial charge in [0.2, 0.25) is 0 Å². The Morgan fingerprint density at radius 2 is 2.05 bits per heavy atom. The van der Waals surface area contributed by atoms with Crippen molar-refractivity contribution in [2.45, 2.75) is 12.7 Å². The molecule has 0 spiro atoms. The van der Waals surface area contributed by atoms with E-state index in [0.29, 0.717) is 0 Å². The topological polar surface area (TPSA) is 31.2 Å². The number of benzene rings is 1. The molecule has 1 heterocycles. The van der Waals surface area contributed by atoms with Crippen LogP contribution < -0.4 is 0 Å². The number of carbonyl (C=O) groups excluding carboxylic acids is 1. The van der Waals surface area contributed by atoms with Crippen LogP contribution in [0, 0.1) is 5.82 Å². The van der Waals surface area contributed by atoms with E-state index < -0.39 is 23.3 Å². The number of ether oxygens (including phenoxy) is 1. The second-order valence-electron chi connectivity index (χ2n) is 4.19. The zero-order valence-electron chi connectivity index (χ0n) is 10.5. The highest BCUT2D eigenvalue weighted by atomic mass is 19.4. The summed E-state index contributed by atoms with van der Waals surface area (Å²) in [7, 11) is 1.44. The molecule has 7 heteroatoms. The van der Waals surface area contributed by atoms with Gasteiger partial charge in [-0.15, -0.1) is 0 Å². The summed E-state index contributed by atoms with van der Waals surface area (Å²) in [6.45, 7) is 0.460. The van der Waals surface area contributed by atoms with Gasteiger partial charge in [0.15, 0.2) is 0 Å². The maximum absolute atomic E-state index is 13.8. The lowest BCUT2D eigenvalue weighted by molar-refractivity contribution is -0.0884. The van der Waals surface area contributed by atoms with Crippen LogP contribution in [0.5, 0.6) is 0 Å². The van der Waals surface area contributed by atoms with Crippen LogP contribution in [0.4, 0.5) is 17.6 Å². The highest BCUT2D eigenvalue weighted by molar-refractivity contribution is 6.10. The van der Waals surface area contributed by atoms with Crippen molar-refractivity contribution in [3.8, 4) is 0 Å². The molecule has 0 fully saturated rings. The fourth-order valence-corrected chi connectivity index (χ4v) is 2.01. The van der Waals surface area contributed by atoms with Crippen LogP contribution in [0.3, 0.4) is 0 Å². The van der Waals surface area contributed by atoms with Crippen LogP contribution in [-0.2, 0) is 11.3 Å². The molecule has 0 aliphatic rings. The van der Waals surface area contributed by atoms with Gasteiger partial charge in [-0.25, -0.2) is 4.39 Å². The molecule has 0 aliphatic heterocycles. The van der Waals surface area contributed by atoms with E-state index in [1.165, 1.54) is 23.8 Å². The zero-order chi connectivity index (χ0) is 14.9. The zero-order valence-corrected chi connectivity index (χ0v) is 10.5. The van der Waals surface area contributed by atoms with Gasteiger partial charge in [0.25, 0.3) is 5.78 Å². The van der Waals surface area contributed by atoms with Crippen molar-refractivity contribution < 1.29 is 27.1 Å². The monoisotopic (exact) mass is 289 g/mol. The van der Waals surface area contributed by atoms with Crippen molar-refractivity contribution in [3.63, 3.8) is 0 Å². The van der Waals surface area contributed by atoms with Crippen molar-refractivity contribution in [1.29, 1.82) is 0 Å². The first-order valence-electron chi connectivity index (χ1n) is 5.74. The molecule has 20 heavy (non-hydrogen) atoms. The first kappa shape index (κ1) is 14.5. The molecule has 0 aliphatic carbocycles. The van der Waals surface area contributed by atoms with Gasteiger partial charge in [-0.3, -0.25) is 4.79 Å². The van der Waals surface area contributed by atoms with Crippen LogP contribution in [0.2, 0.25) is 0 Å². The predicted molar refractivity (Wildman–Crippen MR) is 64.2 cm³/mol. The molecule has 0 unspecified atom stereocenters. The second kappa shape index (κ2) is 5.24. The Morgan fingerprint density at radius 1 is 1.35 bits per heavy atom. The molecule has 0 saturated heterocycles. The van der Waals surface area contributed by atoms with Crippen molar-refractivity contribution >= 4 is 16.7 Å². The van der Waals surface area contributed by atoms with Gasteiger partial charge in [0.05, 0.1) is 17.7 Å². The highest BCUT2D eigenvalue weighted by Gasteiger charge is 2.41. The van der Waals surface area contributed by atoms with E-state index in [1.807, 2.05) is 0 Å². The molecule has 3 nitrogen and oxygen atoms in total. The van der Waals surface area contributed by atoms with Gasteiger partial charge in [-0.1, -0.05) is 6.07 Å². The number of ketones is 1. The second-order valence-corrected chi connectivity index (χ2v) is 4.19. The Hall–Kier alpha value is -1.89. The summed E-state index contributed by atoms with van der Waals surface area (Å²) in [4.78, 5) is 11.4. The van der Waals surface area contributed by atoms with E-state index in [2.05, 4.69) is 0 Å². The largest absolute Gasteiger partial charge is 0.454 e. The highest BCUT2D eigenvalue weighted by Crippen LogP contribution is 2.30. The van der Waals surface area contributed by atoms with Crippen molar-refractivity contribution in [2.75, 3.05) is 13.7 Å². The number of halogens is 4. The summed E-state index contributed by atoms with van der Waals surface area (Å²) in [5, 5.41) is -0.314. The number of alkyl halides is 3. The molecular formula is C13H11F4NO2. The number of hydrogen-bond acceptors (Lipinski definition) is 2. The number of fused-ring (bicyclic) bond motifs is 1. The molecule has 0 bridgehead atoms. The molecule has 2 rings (SSSR count). The Kier molecular flexibility index (Phi) is 3.80. The minimum atomic E-state index is -5.04. The molecule has 0 saturated carbocycles. The smallest absolute Gasteiger partial charge is 0.383 e. The number of nitrogens with zero attached hydrogens (tertiary/aromatic N) is 1. The third-order valence-electron chi connectivity index (χ3n) is 2.89. The van der Waals surface area contributed by atoms with Gasteiger partial charge < -0.3 is 9.30 Å². The summed E-state index contributed by atoms with van der Waals surface area (Å²) < 4.78 is 57.6. The Morgan fingerprint density at radius 3 is 2.65 bits per heavy atom. The molecular weight excluding hydrogens is 278 g/mol. The van der Waals surface area contributed by atoms with Gasteiger partial charge >= 0.3 is 6.18 Å². The van der Waals surface area contributed by atoms with E-state index in [4.69, 9.17) is 4.74 Å². The number of Topliss-reactive ketones (excluding diaryl/α,β-unsaturated/α-hetero) is 1. The number of methoxy groups -OCH3 is 1. The fraction of sp³-hybridized carbons (Fsp3) is 0.308. The molecule has 2 aromatic rings. The lowest BCUT2D eigenvalue weighted by Crippen LogP contribution is -2.22. The van der Waals surface area contributed by atoms with Gasteiger partial charge in [0, 0.05) is 25.2 Å². The molecule has 0 radical (unpaired) electrons. The van der Waals surface area contributed by atoms with Crippen LogP contribution >= 0.6 is 0 Å². The van der Waals surface area contributed by atoms with Crippen molar-refractivity contribution in [2.24, 2.45) is 0 Å². The lowest BCUT2D eigenvalue weighted by atomic mass is 10.1. The van der Waals surface area contributed by atoms with E-state index in [0.717, 1.165) is 12.3 Å². The summed E-state index contributed by atoms with van der Waals surface area (Å²) in [5.41, 5.74) is -0.448. The van der Waals surface area contributed by atoms with E-state index in [1.54, 1.807) is 0 Å². The lowest BCUT2D eigenvalue weighted by Gasteiger charge is -2.03. The number of aromatic nitrogens is 1. The molecule has 1 aromatic carbocycles. The van der Waals surface area contributed by atoms with Gasteiger partial charge in [0.1, 0.15) is 5.82 Å². The van der Waals surface area contributed by atoms with Gasteiger partial charge in [-0.2, -0.15) is 13.2 Å². The third-order valence-corrected chi connectivity index (χ3v) is 2.89. The molecule has 0 amide bonds. The predicted octanol–water partition coefficient (Wildman–Crippen LogP) is 3.17. The van der Waals surface area contributed by atoms with Crippen LogP contribution in [-0.4, -0.2) is 30.2 Å². The fourth-order valence-electron chi connectivity index (χ4n) is 2.01. The van der Waals surface area contributed by atoms with E-state index in [-0.39, 0.29) is 24.1 Å². The number of carbonyl (C=O) groups is 1. The Balaban J connectivity index is 2.63. The standard InChI is InChI=1S/C13H11F4NO2/c1-20-6-5-18-7-8(12(19)13(15,16)17)11-9(14)3-2-4-10(11)18/h2-4,7H,5-6H2,1H3. The molecule has 108 valence electrons. The summed E-state index contributed by atoms with van der Waals surface area (Å²) in [5.74, 6) is -2.91. The third kappa shape index (κ3) is 2.53. The molecule has 0 atom stereocenters. The Bertz CT molecular complexity index is 646. The minimum Gasteiger partial charge on any atom is -0.383 e. The maximum atomic E-state index is 13.8. The number of hydrogen-bond donors (Lipinski definition) is 0. The first-order chi connectivity index (χ1) is 9.36. The summed E-state index contributed by atoms with van der Waals surface area (Å²) in [6, 6.07) is 3.86. The quantitative estimate of drug-likeness (QED) is 0.639. The van der Waals surface area contributed by atoms with Gasteiger partial charge in [-0.05, 0) is 12.1 Å². The van der Waals surface area contributed by atoms with Crippen molar-refractivity contribution in [3.05, 3.63) is 35.8 Å². The van der Waals surface area contributed by atoms with Crippen LogP contribution in [0.25, 0.3) is 10.9 Å². The average molecular weight is 289 g/mol. The molecule has 0 N–H and O–H groups in total. The van der Waals surface area contributed by atoms with Crippen LogP contribution in [0.1, 0.15) is 10.4 Å². The van der Waals surface area contributed by atoms with E-state index in [9.17, 15) is 22.4 Å². The Labute approximate surface area is 111 Å². The SMILES string of the molecule is COCCn1cc(C(=O)C(F)(F)F)c2c(F)cccc21. The normalized spacial score (nSPS) is 12.1. The molecule has 1 aromatic heterocycles. The number of rotatable bonds is 4. The average Bonchev–Trinajstić information content (AvgIpc) is 2.74. The summed E-state index contributed by atoms with van der Waals surface area (Å²) >= 11 is 0. The summed E-state index contributed by atoms with van der Waals surface area (Å²) in [6.07, 6.45) is -4.02. The first-order valence-corrected chi connectivity index (χ1v) is 5.74. The minimum absolute atomic E-state index is 0.224.